The number of hydrogen-bond acceptors (Lipinski definition) is 1. The highest BCUT2D eigenvalue weighted by molar-refractivity contribution is 5.38. The fourth-order valence-electron chi connectivity index (χ4n) is 4.64. The van der Waals surface area contributed by atoms with Crippen molar-refractivity contribution in [2.24, 2.45) is 11.3 Å². The molecular formula is C17H24O. The molecule has 0 radical (unpaired) electrons. The standard InChI is InChI=1S/C17H24O/c1-16(2)14-9-8-12-6-4-5-7-13(12)17(14,3)11-10-15(16)18/h4-7,14-15,18H,8-11H2,1-3H3/t14-,15+,17+/m0/s1. The van der Waals surface area contributed by atoms with E-state index in [2.05, 4.69) is 45.0 Å². The van der Waals surface area contributed by atoms with Crippen LogP contribution in [-0.4, -0.2) is 11.2 Å². The quantitative estimate of drug-likeness (QED) is 0.738. The first-order valence-corrected chi connectivity index (χ1v) is 7.23. The molecule has 1 nitrogen and oxygen atoms in total. The minimum atomic E-state index is -0.138. The number of benzene rings is 1. The van der Waals surface area contributed by atoms with E-state index in [-0.39, 0.29) is 16.9 Å². The fraction of sp³-hybridized carbons (Fsp3) is 0.647. The molecule has 0 aromatic heterocycles. The molecular weight excluding hydrogens is 220 g/mol. The second-order valence-corrected chi connectivity index (χ2v) is 7.04. The van der Waals surface area contributed by atoms with Crippen molar-refractivity contribution < 1.29 is 5.11 Å². The van der Waals surface area contributed by atoms with Crippen LogP contribution in [0.1, 0.15) is 51.2 Å². The van der Waals surface area contributed by atoms with Gasteiger partial charge in [0.15, 0.2) is 0 Å². The minimum absolute atomic E-state index is 0.0422. The largest absolute Gasteiger partial charge is 0.393 e. The highest BCUT2D eigenvalue weighted by Crippen LogP contribution is 2.56. The molecule has 1 fully saturated rings. The summed E-state index contributed by atoms with van der Waals surface area (Å²) in [4.78, 5) is 0. The van der Waals surface area contributed by atoms with E-state index in [1.165, 1.54) is 18.4 Å². The molecule has 2 aliphatic carbocycles. The van der Waals surface area contributed by atoms with Gasteiger partial charge in [-0.3, -0.25) is 0 Å². The van der Waals surface area contributed by atoms with Gasteiger partial charge in [-0.1, -0.05) is 45.0 Å². The Labute approximate surface area is 110 Å². The number of rotatable bonds is 0. The zero-order valence-corrected chi connectivity index (χ0v) is 11.7. The number of hydrogen-bond donors (Lipinski definition) is 1. The first kappa shape index (κ1) is 12.2. The summed E-state index contributed by atoms with van der Waals surface area (Å²) in [6, 6.07) is 8.93. The van der Waals surface area contributed by atoms with E-state index in [1.807, 2.05) is 0 Å². The lowest BCUT2D eigenvalue weighted by Crippen LogP contribution is -2.53. The molecule has 98 valence electrons. The molecule has 0 bridgehead atoms. The third-order valence-electron chi connectivity index (χ3n) is 5.80. The Balaban J connectivity index is 2.10. The zero-order valence-electron chi connectivity index (χ0n) is 11.7. The normalized spacial score (nSPS) is 37.8. The second kappa shape index (κ2) is 3.84. The molecule has 0 amide bonds. The lowest BCUT2D eigenvalue weighted by atomic mass is 9.49. The lowest BCUT2D eigenvalue weighted by molar-refractivity contribution is -0.0730. The van der Waals surface area contributed by atoms with Crippen molar-refractivity contribution in [1.29, 1.82) is 0 Å². The Kier molecular flexibility index (Phi) is 2.60. The highest BCUT2D eigenvalue weighted by atomic mass is 16.3. The maximum atomic E-state index is 10.3. The van der Waals surface area contributed by atoms with Crippen molar-refractivity contribution in [3.05, 3.63) is 35.4 Å². The summed E-state index contributed by atoms with van der Waals surface area (Å²) in [5.41, 5.74) is 3.38. The van der Waals surface area contributed by atoms with Crippen molar-refractivity contribution in [3.8, 4) is 0 Å². The minimum Gasteiger partial charge on any atom is -0.393 e. The summed E-state index contributed by atoms with van der Waals surface area (Å²) in [5.74, 6) is 0.601. The Morgan fingerprint density at radius 1 is 1.11 bits per heavy atom. The lowest BCUT2D eigenvalue weighted by Gasteiger charge is -2.56. The Hall–Kier alpha value is -0.820. The predicted octanol–water partition coefficient (Wildman–Crippen LogP) is 3.69. The average Bonchev–Trinajstić information content (AvgIpc) is 2.35. The van der Waals surface area contributed by atoms with Gasteiger partial charge in [-0.15, -0.1) is 0 Å². The molecule has 1 N–H and O–H groups in total. The van der Waals surface area contributed by atoms with Crippen LogP contribution in [-0.2, 0) is 11.8 Å². The van der Waals surface area contributed by atoms with E-state index >= 15 is 0 Å². The topological polar surface area (TPSA) is 20.2 Å². The van der Waals surface area contributed by atoms with Crippen molar-refractivity contribution in [2.75, 3.05) is 0 Å². The third kappa shape index (κ3) is 1.50. The Bertz CT molecular complexity index is 462. The third-order valence-corrected chi connectivity index (χ3v) is 5.80. The van der Waals surface area contributed by atoms with Gasteiger partial charge in [0.1, 0.15) is 0 Å². The molecule has 0 spiro atoms. The van der Waals surface area contributed by atoms with E-state index in [0.29, 0.717) is 5.92 Å². The SMILES string of the molecule is CC1(C)[C@H](O)CC[C@]2(C)c3ccccc3CC[C@@H]12. The molecule has 18 heavy (non-hydrogen) atoms. The van der Waals surface area contributed by atoms with Gasteiger partial charge in [-0.25, -0.2) is 0 Å². The highest BCUT2D eigenvalue weighted by Gasteiger charge is 2.53. The van der Waals surface area contributed by atoms with Crippen LogP contribution in [0.2, 0.25) is 0 Å². The molecule has 0 unspecified atom stereocenters. The van der Waals surface area contributed by atoms with Crippen molar-refractivity contribution in [3.63, 3.8) is 0 Å². The predicted molar refractivity (Wildman–Crippen MR) is 74.6 cm³/mol. The summed E-state index contributed by atoms with van der Waals surface area (Å²) in [7, 11) is 0. The smallest absolute Gasteiger partial charge is 0.0594 e. The van der Waals surface area contributed by atoms with Crippen LogP contribution in [0.5, 0.6) is 0 Å². The number of aliphatic hydroxyl groups is 1. The van der Waals surface area contributed by atoms with Crippen LogP contribution in [0.4, 0.5) is 0 Å². The number of aryl methyl sites for hydroxylation is 1. The zero-order chi connectivity index (χ0) is 13.0. The number of aliphatic hydroxyl groups excluding tert-OH is 1. The van der Waals surface area contributed by atoms with E-state index in [0.717, 1.165) is 12.8 Å². The van der Waals surface area contributed by atoms with Crippen LogP contribution >= 0.6 is 0 Å². The summed E-state index contributed by atoms with van der Waals surface area (Å²) in [5, 5.41) is 10.3. The molecule has 0 saturated heterocycles. The molecule has 3 atom stereocenters. The van der Waals surface area contributed by atoms with Crippen LogP contribution in [0, 0.1) is 11.3 Å². The van der Waals surface area contributed by atoms with Crippen LogP contribution in [0.3, 0.4) is 0 Å². The van der Waals surface area contributed by atoms with Crippen LogP contribution < -0.4 is 0 Å². The Morgan fingerprint density at radius 2 is 1.83 bits per heavy atom. The average molecular weight is 244 g/mol. The van der Waals surface area contributed by atoms with Gasteiger partial charge in [0.25, 0.3) is 0 Å². The molecule has 1 saturated carbocycles. The van der Waals surface area contributed by atoms with Crippen molar-refractivity contribution >= 4 is 0 Å². The van der Waals surface area contributed by atoms with Gasteiger partial charge in [-0.05, 0) is 53.6 Å². The summed E-state index contributed by atoms with van der Waals surface area (Å²) in [6.45, 7) is 6.94. The second-order valence-electron chi connectivity index (χ2n) is 7.04. The van der Waals surface area contributed by atoms with Gasteiger partial charge < -0.3 is 5.11 Å². The summed E-state index contributed by atoms with van der Waals surface area (Å²) < 4.78 is 0. The molecule has 2 aliphatic rings. The monoisotopic (exact) mass is 244 g/mol. The molecule has 3 rings (SSSR count). The summed E-state index contributed by atoms with van der Waals surface area (Å²) in [6.07, 6.45) is 4.32. The maximum Gasteiger partial charge on any atom is 0.0594 e. The first-order chi connectivity index (χ1) is 8.46. The van der Waals surface area contributed by atoms with Crippen molar-refractivity contribution in [2.45, 2.75) is 58.0 Å². The maximum absolute atomic E-state index is 10.3. The van der Waals surface area contributed by atoms with Gasteiger partial charge >= 0.3 is 0 Å². The van der Waals surface area contributed by atoms with Crippen LogP contribution in [0.15, 0.2) is 24.3 Å². The molecule has 0 heterocycles. The summed E-state index contributed by atoms with van der Waals surface area (Å²) >= 11 is 0. The molecule has 1 heteroatoms. The van der Waals surface area contributed by atoms with E-state index in [9.17, 15) is 5.11 Å². The van der Waals surface area contributed by atoms with Gasteiger partial charge in [0.05, 0.1) is 6.10 Å². The molecule has 0 aliphatic heterocycles. The van der Waals surface area contributed by atoms with Crippen LogP contribution in [0.25, 0.3) is 0 Å². The first-order valence-electron chi connectivity index (χ1n) is 7.23. The molecule has 1 aromatic carbocycles. The fourth-order valence-corrected chi connectivity index (χ4v) is 4.64. The molecule has 1 aromatic rings. The van der Waals surface area contributed by atoms with Gasteiger partial charge in [0.2, 0.25) is 0 Å². The Morgan fingerprint density at radius 3 is 2.61 bits per heavy atom. The van der Waals surface area contributed by atoms with Gasteiger partial charge in [0, 0.05) is 0 Å². The van der Waals surface area contributed by atoms with E-state index in [4.69, 9.17) is 0 Å². The number of fused-ring (bicyclic) bond motifs is 3. The van der Waals surface area contributed by atoms with E-state index < -0.39 is 0 Å². The van der Waals surface area contributed by atoms with Crippen molar-refractivity contribution in [1.82, 2.24) is 0 Å². The van der Waals surface area contributed by atoms with E-state index in [1.54, 1.807) is 5.56 Å². The van der Waals surface area contributed by atoms with Gasteiger partial charge in [-0.2, -0.15) is 0 Å².